The molecule has 3 nitrogen and oxygen atoms in total. The van der Waals surface area contributed by atoms with Crippen molar-refractivity contribution in [1.82, 2.24) is 5.32 Å². The quantitative estimate of drug-likeness (QED) is 0.843. The second kappa shape index (κ2) is 6.86. The summed E-state index contributed by atoms with van der Waals surface area (Å²) in [7, 11) is 2.01. The predicted molar refractivity (Wildman–Crippen MR) is 71.2 cm³/mol. The van der Waals surface area contributed by atoms with E-state index >= 15 is 0 Å². The molecule has 0 aromatic carbocycles. The molecular formula is C13H25NO2S. The van der Waals surface area contributed by atoms with E-state index in [1.807, 2.05) is 7.05 Å². The lowest BCUT2D eigenvalue weighted by atomic mass is 9.95. The summed E-state index contributed by atoms with van der Waals surface area (Å²) in [5.41, 5.74) is 0. The van der Waals surface area contributed by atoms with Gasteiger partial charge in [0.1, 0.15) is 0 Å². The highest BCUT2D eigenvalue weighted by atomic mass is 32.2. The molecular weight excluding hydrogens is 234 g/mol. The Morgan fingerprint density at radius 1 is 1.00 bits per heavy atom. The molecule has 1 N–H and O–H groups in total. The zero-order valence-corrected chi connectivity index (χ0v) is 11.6. The Kier molecular flexibility index (Phi) is 5.45. The standard InChI is InChI=1S/C13H25NO2S/c1-14-11-7-9-13(10-8-11)17(15)16-12-5-3-2-4-6-12/h11-14H,2-10H2,1H3. The molecule has 0 aromatic heterocycles. The van der Waals surface area contributed by atoms with E-state index in [0.717, 1.165) is 38.5 Å². The Balaban J connectivity index is 1.72. The maximum Gasteiger partial charge on any atom is 0.158 e. The number of nitrogens with one attached hydrogen (secondary N) is 1. The Bertz CT molecular complexity index is 246. The van der Waals surface area contributed by atoms with Gasteiger partial charge in [0.2, 0.25) is 0 Å². The van der Waals surface area contributed by atoms with Gasteiger partial charge >= 0.3 is 0 Å². The molecule has 0 amide bonds. The fourth-order valence-corrected chi connectivity index (χ4v) is 4.19. The third-order valence-corrected chi connectivity index (χ3v) is 5.62. The molecule has 2 saturated carbocycles. The molecule has 0 heterocycles. The van der Waals surface area contributed by atoms with Crippen LogP contribution >= 0.6 is 0 Å². The highest BCUT2D eigenvalue weighted by Gasteiger charge is 2.27. The molecule has 1 unspecified atom stereocenters. The number of hydrogen-bond acceptors (Lipinski definition) is 3. The molecule has 2 rings (SSSR count). The lowest BCUT2D eigenvalue weighted by Crippen LogP contribution is -2.35. The molecule has 0 radical (unpaired) electrons. The molecule has 0 aromatic rings. The molecule has 4 heteroatoms. The van der Waals surface area contributed by atoms with Gasteiger partial charge in [-0.15, -0.1) is 0 Å². The fraction of sp³-hybridized carbons (Fsp3) is 1.00. The van der Waals surface area contributed by atoms with E-state index < -0.39 is 11.1 Å². The van der Waals surface area contributed by atoms with Gasteiger partial charge in [-0.05, 0) is 45.6 Å². The van der Waals surface area contributed by atoms with Crippen molar-refractivity contribution in [3.05, 3.63) is 0 Å². The fourth-order valence-electron chi connectivity index (χ4n) is 2.92. The zero-order valence-electron chi connectivity index (χ0n) is 10.8. The normalized spacial score (nSPS) is 33.5. The molecule has 1 atom stereocenters. The predicted octanol–water partition coefficient (Wildman–Crippen LogP) is 2.53. The van der Waals surface area contributed by atoms with Crippen LogP contribution in [0.1, 0.15) is 57.8 Å². The van der Waals surface area contributed by atoms with Gasteiger partial charge in [0, 0.05) is 6.04 Å². The number of rotatable bonds is 4. The summed E-state index contributed by atoms with van der Waals surface area (Å²) < 4.78 is 17.9. The van der Waals surface area contributed by atoms with Crippen molar-refractivity contribution in [2.24, 2.45) is 0 Å². The largest absolute Gasteiger partial charge is 0.317 e. The molecule has 100 valence electrons. The van der Waals surface area contributed by atoms with E-state index in [1.165, 1.54) is 19.3 Å². The second-order valence-corrected chi connectivity index (χ2v) is 6.76. The van der Waals surface area contributed by atoms with Crippen molar-refractivity contribution in [1.29, 1.82) is 0 Å². The van der Waals surface area contributed by atoms with Gasteiger partial charge in [-0.2, -0.15) is 0 Å². The summed E-state index contributed by atoms with van der Waals surface area (Å²) in [6.07, 6.45) is 10.7. The van der Waals surface area contributed by atoms with Crippen LogP contribution in [-0.4, -0.2) is 28.7 Å². The molecule has 0 saturated heterocycles. The third-order valence-electron chi connectivity index (χ3n) is 4.14. The van der Waals surface area contributed by atoms with Crippen molar-refractivity contribution >= 4 is 11.1 Å². The van der Waals surface area contributed by atoms with E-state index in [9.17, 15) is 4.21 Å². The lowest BCUT2D eigenvalue weighted by Gasteiger charge is -2.29. The molecule has 0 spiro atoms. The van der Waals surface area contributed by atoms with Gasteiger partial charge < -0.3 is 5.32 Å². The van der Waals surface area contributed by atoms with Crippen LogP contribution in [-0.2, 0) is 15.3 Å². The van der Waals surface area contributed by atoms with Gasteiger partial charge in [-0.1, -0.05) is 19.3 Å². The maximum absolute atomic E-state index is 12.1. The average Bonchev–Trinajstić information content (AvgIpc) is 2.40. The minimum atomic E-state index is -1.05. The molecule has 0 bridgehead atoms. The van der Waals surface area contributed by atoms with E-state index in [0.29, 0.717) is 6.04 Å². The highest BCUT2D eigenvalue weighted by molar-refractivity contribution is 7.80. The molecule has 2 fully saturated rings. The van der Waals surface area contributed by atoms with Crippen molar-refractivity contribution in [2.45, 2.75) is 75.2 Å². The molecule has 2 aliphatic carbocycles. The van der Waals surface area contributed by atoms with E-state index in [1.54, 1.807) is 0 Å². The van der Waals surface area contributed by atoms with Crippen LogP contribution in [0.2, 0.25) is 0 Å². The monoisotopic (exact) mass is 259 g/mol. The minimum Gasteiger partial charge on any atom is -0.317 e. The first-order valence-electron chi connectivity index (χ1n) is 7.04. The van der Waals surface area contributed by atoms with E-state index in [4.69, 9.17) is 4.18 Å². The summed E-state index contributed by atoms with van der Waals surface area (Å²) in [4.78, 5) is 0. The minimum absolute atomic E-state index is 0.270. The maximum atomic E-state index is 12.1. The van der Waals surface area contributed by atoms with Crippen LogP contribution in [0.3, 0.4) is 0 Å². The average molecular weight is 259 g/mol. The smallest absolute Gasteiger partial charge is 0.158 e. The first-order valence-corrected chi connectivity index (χ1v) is 8.18. The van der Waals surface area contributed by atoms with Crippen LogP contribution in [0.4, 0.5) is 0 Å². The molecule has 0 aliphatic heterocycles. The first kappa shape index (κ1) is 13.5. The van der Waals surface area contributed by atoms with Crippen molar-refractivity contribution in [3.63, 3.8) is 0 Å². The van der Waals surface area contributed by atoms with Crippen LogP contribution < -0.4 is 5.32 Å². The summed E-state index contributed by atoms with van der Waals surface area (Å²) in [5.74, 6) is 0. The SMILES string of the molecule is CNC1CCC(S(=O)OC2CCCCC2)CC1. The summed E-state index contributed by atoms with van der Waals surface area (Å²) >= 11 is -1.05. The third kappa shape index (κ3) is 4.04. The van der Waals surface area contributed by atoms with Gasteiger partial charge in [0.15, 0.2) is 11.1 Å². The second-order valence-electron chi connectivity index (χ2n) is 5.38. The van der Waals surface area contributed by atoms with Gasteiger partial charge in [-0.25, -0.2) is 4.21 Å². The Labute approximate surface area is 107 Å². The van der Waals surface area contributed by atoms with Crippen LogP contribution in [0.5, 0.6) is 0 Å². The molecule has 17 heavy (non-hydrogen) atoms. The summed E-state index contributed by atoms with van der Waals surface area (Å²) in [6, 6.07) is 0.623. The zero-order chi connectivity index (χ0) is 12.1. The Morgan fingerprint density at radius 3 is 2.24 bits per heavy atom. The van der Waals surface area contributed by atoms with Gasteiger partial charge in [-0.3, -0.25) is 4.18 Å². The number of hydrogen-bond donors (Lipinski definition) is 1. The summed E-state index contributed by atoms with van der Waals surface area (Å²) in [6.45, 7) is 0. The van der Waals surface area contributed by atoms with E-state index in [-0.39, 0.29) is 11.4 Å². The van der Waals surface area contributed by atoms with Crippen LogP contribution in [0.15, 0.2) is 0 Å². The molecule has 2 aliphatic rings. The summed E-state index contributed by atoms with van der Waals surface area (Å²) in [5, 5.41) is 3.58. The van der Waals surface area contributed by atoms with Crippen LogP contribution in [0.25, 0.3) is 0 Å². The van der Waals surface area contributed by atoms with Gasteiger partial charge in [0.25, 0.3) is 0 Å². The van der Waals surface area contributed by atoms with Crippen molar-refractivity contribution in [2.75, 3.05) is 7.05 Å². The van der Waals surface area contributed by atoms with Gasteiger partial charge in [0.05, 0.1) is 11.4 Å². The van der Waals surface area contributed by atoms with Crippen molar-refractivity contribution < 1.29 is 8.39 Å². The lowest BCUT2D eigenvalue weighted by molar-refractivity contribution is 0.170. The highest BCUT2D eigenvalue weighted by Crippen LogP contribution is 2.27. The van der Waals surface area contributed by atoms with E-state index in [2.05, 4.69) is 5.32 Å². The first-order chi connectivity index (χ1) is 8.29. The topological polar surface area (TPSA) is 38.3 Å². The van der Waals surface area contributed by atoms with Crippen molar-refractivity contribution in [3.8, 4) is 0 Å². The van der Waals surface area contributed by atoms with Crippen LogP contribution in [0, 0.1) is 0 Å². The Morgan fingerprint density at radius 2 is 1.65 bits per heavy atom. The Hall–Kier alpha value is 0.0700.